The fourth-order valence-electron chi connectivity index (χ4n) is 12.2. The maximum Gasteiger partial charge on any atom is 0.305 e. The first-order chi connectivity index (χ1) is 42.0. The molecule has 1 amide bonds. The van der Waals surface area contributed by atoms with E-state index in [0.29, 0.717) is 19.4 Å². The molecule has 0 aromatic heterocycles. The summed E-state index contributed by atoms with van der Waals surface area (Å²) in [7, 11) is 0. The third-order valence-corrected chi connectivity index (χ3v) is 18.1. The molecule has 2 atom stereocenters. The van der Waals surface area contributed by atoms with Gasteiger partial charge in [-0.3, -0.25) is 9.59 Å². The molecule has 502 valence electrons. The Morgan fingerprint density at radius 1 is 0.318 bits per heavy atom. The third-order valence-electron chi connectivity index (χ3n) is 18.1. The van der Waals surface area contributed by atoms with Gasteiger partial charge in [0.05, 0.1) is 25.4 Å². The van der Waals surface area contributed by atoms with Gasteiger partial charge < -0.3 is 20.3 Å². The van der Waals surface area contributed by atoms with Gasteiger partial charge in [0, 0.05) is 12.8 Å². The van der Waals surface area contributed by atoms with Crippen molar-refractivity contribution in [3.8, 4) is 0 Å². The predicted molar refractivity (Wildman–Crippen MR) is 375 cm³/mol. The number of carbonyl (C=O) groups is 2. The van der Waals surface area contributed by atoms with Gasteiger partial charge in [0.1, 0.15) is 0 Å². The van der Waals surface area contributed by atoms with E-state index in [1.807, 2.05) is 6.08 Å². The van der Waals surface area contributed by atoms with Gasteiger partial charge in [-0.15, -0.1) is 0 Å². The Kier molecular flexibility index (Phi) is 72.9. The summed E-state index contributed by atoms with van der Waals surface area (Å²) in [6.45, 7) is 4.94. The van der Waals surface area contributed by atoms with Crippen molar-refractivity contribution < 1.29 is 24.5 Å². The zero-order valence-corrected chi connectivity index (χ0v) is 57.6. The van der Waals surface area contributed by atoms with E-state index in [2.05, 4.69) is 43.5 Å². The lowest BCUT2D eigenvalue weighted by Gasteiger charge is -2.20. The average Bonchev–Trinajstić information content (AvgIpc) is 3.51. The quantitative estimate of drug-likeness (QED) is 0.0320. The van der Waals surface area contributed by atoms with E-state index in [-0.39, 0.29) is 18.5 Å². The van der Waals surface area contributed by atoms with Crippen molar-refractivity contribution in [3.05, 3.63) is 36.5 Å². The predicted octanol–water partition coefficient (Wildman–Crippen LogP) is 25.4. The summed E-state index contributed by atoms with van der Waals surface area (Å²) >= 11 is 0. The van der Waals surface area contributed by atoms with Crippen molar-refractivity contribution in [2.45, 2.75) is 443 Å². The lowest BCUT2D eigenvalue weighted by Crippen LogP contribution is -2.45. The van der Waals surface area contributed by atoms with E-state index in [9.17, 15) is 19.8 Å². The molecular weight excluding hydrogens is 1040 g/mol. The molecular formula is C79H151NO5. The Morgan fingerprint density at radius 3 is 0.835 bits per heavy atom. The minimum Gasteiger partial charge on any atom is -0.466 e. The minimum absolute atomic E-state index is 0.0182. The minimum atomic E-state index is -0.843. The van der Waals surface area contributed by atoms with E-state index >= 15 is 0 Å². The molecule has 2 unspecified atom stereocenters. The van der Waals surface area contributed by atoms with Gasteiger partial charge in [-0.1, -0.05) is 371 Å². The average molecular weight is 1200 g/mol. The lowest BCUT2D eigenvalue weighted by molar-refractivity contribution is -0.143. The highest BCUT2D eigenvalue weighted by Gasteiger charge is 2.18. The van der Waals surface area contributed by atoms with Gasteiger partial charge in [-0.25, -0.2) is 0 Å². The van der Waals surface area contributed by atoms with Crippen LogP contribution in [0.4, 0.5) is 0 Å². The molecule has 0 saturated carbocycles. The summed E-state index contributed by atoms with van der Waals surface area (Å²) in [5.41, 5.74) is 0. The number of esters is 1. The van der Waals surface area contributed by atoms with Gasteiger partial charge >= 0.3 is 5.97 Å². The zero-order chi connectivity index (χ0) is 61.3. The summed E-state index contributed by atoms with van der Waals surface area (Å²) < 4.78 is 5.51. The zero-order valence-electron chi connectivity index (χ0n) is 57.6. The summed E-state index contributed by atoms with van der Waals surface area (Å²) in [5.74, 6) is -0.0439. The Morgan fingerprint density at radius 2 is 0.553 bits per heavy atom. The molecule has 0 saturated heterocycles. The third kappa shape index (κ3) is 71.0. The smallest absolute Gasteiger partial charge is 0.305 e. The fourth-order valence-corrected chi connectivity index (χ4v) is 12.2. The fraction of sp³-hybridized carbons (Fsp3) is 0.899. The first-order valence-electron chi connectivity index (χ1n) is 38.8. The number of amides is 1. The van der Waals surface area contributed by atoms with Crippen LogP contribution in [-0.2, 0) is 14.3 Å². The summed E-state index contributed by atoms with van der Waals surface area (Å²) in [6.07, 6.45) is 96.9. The largest absolute Gasteiger partial charge is 0.466 e. The second kappa shape index (κ2) is 74.5. The first kappa shape index (κ1) is 83.1. The van der Waals surface area contributed by atoms with Crippen molar-refractivity contribution in [2.24, 2.45) is 0 Å². The van der Waals surface area contributed by atoms with Crippen LogP contribution >= 0.6 is 0 Å². The highest BCUT2D eigenvalue weighted by Crippen LogP contribution is 2.19. The Bertz CT molecular complexity index is 1380. The summed E-state index contributed by atoms with van der Waals surface area (Å²) in [5, 5.41) is 23.2. The topological polar surface area (TPSA) is 95.9 Å². The van der Waals surface area contributed by atoms with Crippen LogP contribution in [0.1, 0.15) is 431 Å². The SMILES string of the molecule is CCCCCCCC/C=C\CCCCCCCCCCCC(=O)OCCCCCCCCCCCCCC/C=C\CCCCCCCCCCCCCCCCCCC(=O)NC(CO)C(O)/C=C/CCCCCCCCCCCCCCCCC. The molecule has 6 nitrogen and oxygen atoms in total. The number of aliphatic hydroxyl groups is 2. The highest BCUT2D eigenvalue weighted by molar-refractivity contribution is 5.76. The molecule has 6 heteroatoms. The summed E-state index contributed by atoms with van der Waals surface area (Å²) in [6, 6.07) is -0.626. The molecule has 0 aliphatic rings. The maximum atomic E-state index is 12.5. The number of allylic oxidation sites excluding steroid dienone is 5. The molecule has 0 aromatic rings. The normalized spacial score (nSPS) is 12.7. The standard InChI is InChI=1S/C79H151NO5/c1-3-5-7-9-11-13-15-17-19-21-36-41-45-49-53-57-61-65-69-73-79(84)85-74-70-66-62-58-54-50-46-42-38-35-33-31-29-27-25-23-22-24-26-28-30-32-34-37-40-44-48-52-56-60-64-68-72-78(83)80-76(75-81)77(82)71-67-63-59-55-51-47-43-39-20-18-16-14-12-10-8-6-4-2/h17,19,25,27,67,71,76-77,81-82H,3-16,18,20-24,26,28-66,68-70,72-75H2,1-2H3,(H,80,83)/b19-17-,27-25-,71-67+. The van der Waals surface area contributed by atoms with E-state index in [4.69, 9.17) is 4.74 Å². The molecule has 0 aliphatic carbocycles. The van der Waals surface area contributed by atoms with Crippen LogP contribution in [0.2, 0.25) is 0 Å². The molecule has 3 N–H and O–H groups in total. The van der Waals surface area contributed by atoms with Crippen LogP contribution in [0.5, 0.6) is 0 Å². The van der Waals surface area contributed by atoms with Gasteiger partial charge in [0.25, 0.3) is 0 Å². The first-order valence-corrected chi connectivity index (χ1v) is 38.8. The second-order valence-electron chi connectivity index (χ2n) is 26.7. The number of carbonyl (C=O) groups excluding carboxylic acids is 2. The molecule has 0 spiro atoms. The van der Waals surface area contributed by atoms with Crippen LogP contribution < -0.4 is 5.32 Å². The molecule has 0 bridgehead atoms. The van der Waals surface area contributed by atoms with Crippen LogP contribution in [0.3, 0.4) is 0 Å². The number of ether oxygens (including phenoxy) is 1. The number of hydrogen-bond donors (Lipinski definition) is 3. The van der Waals surface area contributed by atoms with Crippen molar-refractivity contribution in [2.75, 3.05) is 13.2 Å². The monoisotopic (exact) mass is 1190 g/mol. The van der Waals surface area contributed by atoms with Crippen LogP contribution in [-0.4, -0.2) is 47.4 Å². The number of nitrogens with one attached hydrogen (secondary N) is 1. The molecule has 0 fully saturated rings. The number of rotatable bonds is 73. The summed E-state index contributed by atoms with van der Waals surface area (Å²) in [4.78, 5) is 24.6. The van der Waals surface area contributed by atoms with Crippen LogP contribution in [0.15, 0.2) is 36.5 Å². The number of hydrogen-bond acceptors (Lipinski definition) is 5. The van der Waals surface area contributed by atoms with Crippen molar-refractivity contribution in [1.82, 2.24) is 5.32 Å². The van der Waals surface area contributed by atoms with Crippen molar-refractivity contribution >= 4 is 11.9 Å². The van der Waals surface area contributed by atoms with Gasteiger partial charge in [-0.2, -0.15) is 0 Å². The van der Waals surface area contributed by atoms with Crippen molar-refractivity contribution in [3.63, 3.8) is 0 Å². The van der Waals surface area contributed by atoms with E-state index in [0.717, 1.165) is 38.5 Å². The lowest BCUT2D eigenvalue weighted by atomic mass is 10.0. The molecule has 85 heavy (non-hydrogen) atoms. The molecule has 0 aliphatic heterocycles. The number of aliphatic hydroxyl groups excluding tert-OH is 2. The van der Waals surface area contributed by atoms with Gasteiger partial charge in [0.15, 0.2) is 0 Å². The molecule has 0 aromatic carbocycles. The van der Waals surface area contributed by atoms with Crippen LogP contribution in [0.25, 0.3) is 0 Å². The van der Waals surface area contributed by atoms with E-state index in [1.165, 1.54) is 366 Å². The van der Waals surface area contributed by atoms with Crippen LogP contribution in [0, 0.1) is 0 Å². The van der Waals surface area contributed by atoms with Crippen molar-refractivity contribution in [1.29, 1.82) is 0 Å². The molecule has 0 rings (SSSR count). The van der Waals surface area contributed by atoms with Gasteiger partial charge in [0.2, 0.25) is 5.91 Å². The maximum absolute atomic E-state index is 12.5. The van der Waals surface area contributed by atoms with E-state index < -0.39 is 12.1 Å². The Balaban J connectivity index is 3.36. The van der Waals surface area contributed by atoms with Gasteiger partial charge in [-0.05, 0) is 83.5 Å². The second-order valence-corrected chi connectivity index (χ2v) is 26.7. The number of unbranched alkanes of at least 4 members (excludes halogenated alkanes) is 58. The highest BCUT2D eigenvalue weighted by atomic mass is 16.5. The van der Waals surface area contributed by atoms with E-state index in [1.54, 1.807) is 6.08 Å². The Hall–Kier alpha value is -1.92. The molecule has 0 heterocycles. The Labute approximate surface area is 532 Å². The molecule has 0 radical (unpaired) electrons.